The molecule has 1 aromatic carbocycles. The topological polar surface area (TPSA) is 117 Å². The maximum absolute atomic E-state index is 12.0. The Kier molecular flexibility index (Phi) is 4.59. The zero-order valence-corrected chi connectivity index (χ0v) is 13.5. The number of primary amides is 1. The van der Waals surface area contributed by atoms with Crippen LogP contribution in [0.4, 0.5) is 5.69 Å². The van der Waals surface area contributed by atoms with E-state index >= 15 is 0 Å². The van der Waals surface area contributed by atoms with Crippen LogP contribution in [0.3, 0.4) is 0 Å². The zero-order chi connectivity index (χ0) is 17.3. The SMILES string of the molecule is NC(=O)CC1C(=O)NC2=Nc3ccc(OCCCO)c(Cl)c3CN21. The summed E-state index contributed by atoms with van der Waals surface area (Å²) in [6.07, 6.45) is 0.408. The fourth-order valence-corrected chi connectivity index (χ4v) is 2.99. The molecule has 1 unspecified atom stereocenters. The molecule has 1 atom stereocenters. The second-order valence-electron chi connectivity index (χ2n) is 5.54. The van der Waals surface area contributed by atoms with Gasteiger partial charge in [-0.25, -0.2) is 4.99 Å². The van der Waals surface area contributed by atoms with E-state index in [-0.39, 0.29) is 18.9 Å². The summed E-state index contributed by atoms with van der Waals surface area (Å²) in [5, 5.41) is 11.9. The van der Waals surface area contributed by atoms with E-state index in [1.165, 1.54) is 0 Å². The molecule has 1 fully saturated rings. The first-order chi connectivity index (χ1) is 11.5. The lowest BCUT2D eigenvalue weighted by atomic mass is 10.1. The molecule has 1 aromatic rings. The van der Waals surface area contributed by atoms with Crippen molar-refractivity contribution in [1.82, 2.24) is 10.2 Å². The van der Waals surface area contributed by atoms with Crippen LogP contribution in [0.5, 0.6) is 5.75 Å². The van der Waals surface area contributed by atoms with Crippen LogP contribution in [0.15, 0.2) is 17.1 Å². The second kappa shape index (κ2) is 6.66. The number of amides is 2. The van der Waals surface area contributed by atoms with Crippen LogP contribution in [-0.2, 0) is 16.1 Å². The minimum absolute atomic E-state index is 0.0343. The first-order valence-corrected chi connectivity index (χ1v) is 7.88. The van der Waals surface area contributed by atoms with E-state index in [0.717, 1.165) is 0 Å². The average molecular weight is 353 g/mol. The Morgan fingerprint density at radius 3 is 3.04 bits per heavy atom. The number of nitrogens with zero attached hydrogens (tertiary/aromatic N) is 2. The lowest BCUT2D eigenvalue weighted by Gasteiger charge is -2.28. The van der Waals surface area contributed by atoms with Crippen molar-refractivity contribution in [2.24, 2.45) is 10.7 Å². The fraction of sp³-hybridized carbons (Fsp3) is 0.400. The summed E-state index contributed by atoms with van der Waals surface area (Å²) in [4.78, 5) is 29.3. The average Bonchev–Trinajstić information content (AvgIpc) is 2.83. The van der Waals surface area contributed by atoms with Crippen molar-refractivity contribution in [3.05, 3.63) is 22.7 Å². The quantitative estimate of drug-likeness (QED) is 0.636. The Hall–Kier alpha value is -2.32. The Labute approximate surface area is 143 Å². The van der Waals surface area contributed by atoms with Gasteiger partial charge in [0.2, 0.25) is 17.8 Å². The molecule has 8 nitrogen and oxygen atoms in total. The van der Waals surface area contributed by atoms with Crippen LogP contribution in [0.1, 0.15) is 18.4 Å². The van der Waals surface area contributed by atoms with E-state index in [1.807, 2.05) is 0 Å². The number of aliphatic hydroxyl groups excluding tert-OH is 1. The molecule has 1 saturated heterocycles. The summed E-state index contributed by atoms with van der Waals surface area (Å²) in [7, 11) is 0. The van der Waals surface area contributed by atoms with Crippen molar-refractivity contribution in [3.63, 3.8) is 0 Å². The van der Waals surface area contributed by atoms with Gasteiger partial charge in [-0.15, -0.1) is 0 Å². The summed E-state index contributed by atoms with van der Waals surface area (Å²) in [6, 6.07) is 2.77. The molecular weight excluding hydrogens is 336 g/mol. The molecule has 0 radical (unpaired) electrons. The number of hydrogen-bond acceptors (Lipinski definition) is 6. The van der Waals surface area contributed by atoms with Crippen molar-refractivity contribution in [3.8, 4) is 5.75 Å². The molecular formula is C15H17ClN4O4. The van der Waals surface area contributed by atoms with Gasteiger partial charge in [0.25, 0.3) is 0 Å². The van der Waals surface area contributed by atoms with Crippen LogP contribution >= 0.6 is 11.6 Å². The fourth-order valence-electron chi connectivity index (χ4n) is 2.71. The first kappa shape index (κ1) is 16.5. The highest BCUT2D eigenvalue weighted by Gasteiger charge is 2.40. The number of ether oxygens (including phenoxy) is 1. The van der Waals surface area contributed by atoms with Gasteiger partial charge < -0.3 is 20.5 Å². The second-order valence-corrected chi connectivity index (χ2v) is 5.92. The maximum atomic E-state index is 12.0. The van der Waals surface area contributed by atoms with Gasteiger partial charge in [0.15, 0.2) is 0 Å². The summed E-state index contributed by atoms with van der Waals surface area (Å²) in [5.74, 6) is 0.0153. The zero-order valence-electron chi connectivity index (χ0n) is 12.8. The van der Waals surface area contributed by atoms with Gasteiger partial charge in [-0.3, -0.25) is 14.9 Å². The molecule has 0 saturated carbocycles. The maximum Gasteiger partial charge on any atom is 0.250 e. The molecule has 0 spiro atoms. The molecule has 24 heavy (non-hydrogen) atoms. The van der Waals surface area contributed by atoms with Crippen LogP contribution in [-0.4, -0.2) is 47.0 Å². The van der Waals surface area contributed by atoms with Crippen molar-refractivity contribution in [1.29, 1.82) is 0 Å². The number of fused-ring (bicyclic) bond motifs is 2. The number of guanidine groups is 1. The van der Waals surface area contributed by atoms with Gasteiger partial charge in [-0.05, 0) is 12.1 Å². The molecule has 0 aliphatic carbocycles. The van der Waals surface area contributed by atoms with E-state index in [9.17, 15) is 9.59 Å². The number of aliphatic imine (C=N–C) groups is 1. The van der Waals surface area contributed by atoms with E-state index in [4.69, 9.17) is 27.2 Å². The van der Waals surface area contributed by atoms with Gasteiger partial charge >= 0.3 is 0 Å². The number of nitrogens with one attached hydrogen (secondary N) is 1. The molecule has 2 aliphatic rings. The van der Waals surface area contributed by atoms with Crippen molar-refractivity contribution in [2.45, 2.75) is 25.4 Å². The molecule has 4 N–H and O–H groups in total. The summed E-state index contributed by atoms with van der Waals surface area (Å²) in [6.45, 7) is 0.699. The summed E-state index contributed by atoms with van der Waals surface area (Å²) >= 11 is 6.41. The molecule has 2 aliphatic heterocycles. The molecule has 0 bridgehead atoms. The number of carbonyl (C=O) groups is 2. The van der Waals surface area contributed by atoms with Gasteiger partial charge in [0.1, 0.15) is 11.8 Å². The van der Waals surface area contributed by atoms with Crippen LogP contribution in [0, 0.1) is 0 Å². The van der Waals surface area contributed by atoms with Gasteiger partial charge in [-0.1, -0.05) is 11.6 Å². The minimum Gasteiger partial charge on any atom is -0.492 e. The van der Waals surface area contributed by atoms with Crippen LogP contribution in [0.2, 0.25) is 5.02 Å². The molecule has 2 amide bonds. The monoisotopic (exact) mass is 352 g/mol. The highest BCUT2D eigenvalue weighted by molar-refractivity contribution is 6.33. The number of rotatable bonds is 6. The Balaban J connectivity index is 1.87. The minimum atomic E-state index is -0.690. The summed E-state index contributed by atoms with van der Waals surface area (Å²) < 4.78 is 5.55. The number of carbonyl (C=O) groups excluding carboxylic acids is 2. The Morgan fingerprint density at radius 2 is 2.33 bits per heavy atom. The van der Waals surface area contributed by atoms with Crippen molar-refractivity contribution in [2.75, 3.05) is 13.2 Å². The lowest BCUT2D eigenvalue weighted by molar-refractivity contribution is -0.126. The third-order valence-electron chi connectivity index (χ3n) is 3.88. The van der Waals surface area contributed by atoms with Crippen LogP contribution < -0.4 is 15.8 Å². The van der Waals surface area contributed by atoms with E-state index in [2.05, 4.69) is 10.3 Å². The molecule has 2 heterocycles. The van der Waals surface area contributed by atoms with Crippen molar-refractivity contribution >= 4 is 35.1 Å². The third kappa shape index (κ3) is 3.02. The largest absolute Gasteiger partial charge is 0.492 e. The standard InChI is InChI=1S/C15H17ClN4O4/c16-13-8-7-20-10(6-12(17)22)14(23)19-15(20)18-9(8)2-3-11(13)24-5-1-4-21/h2-3,10,21H,1,4-7H2,(H2,17,22)(H,18,19,23). The van der Waals surface area contributed by atoms with E-state index in [1.54, 1.807) is 17.0 Å². The normalized spacial score (nSPS) is 18.6. The Morgan fingerprint density at radius 1 is 1.54 bits per heavy atom. The highest BCUT2D eigenvalue weighted by atomic mass is 35.5. The number of aliphatic hydroxyl groups is 1. The number of hydrogen-bond donors (Lipinski definition) is 3. The molecule has 0 aromatic heterocycles. The van der Waals surface area contributed by atoms with E-state index in [0.29, 0.717) is 47.6 Å². The van der Waals surface area contributed by atoms with Gasteiger partial charge in [0, 0.05) is 18.6 Å². The van der Waals surface area contributed by atoms with Crippen molar-refractivity contribution < 1.29 is 19.4 Å². The van der Waals surface area contributed by atoms with Gasteiger partial charge in [0.05, 0.1) is 30.3 Å². The predicted molar refractivity (Wildman–Crippen MR) is 87.0 cm³/mol. The first-order valence-electron chi connectivity index (χ1n) is 7.50. The number of halogens is 1. The molecule has 128 valence electrons. The Bertz CT molecular complexity index is 722. The lowest BCUT2D eigenvalue weighted by Crippen LogP contribution is -2.39. The van der Waals surface area contributed by atoms with Crippen LogP contribution in [0.25, 0.3) is 0 Å². The summed E-state index contributed by atoms with van der Waals surface area (Å²) in [5.41, 5.74) is 6.58. The highest BCUT2D eigenvalue weighted by Crippen LogP contribution is 2.39. The predicted octanol–water partition coefficient (Wildman–Crippen LogP) is 0.278. The number of benzene rings is 1. The molecule has 3 rings (SSSR count). The smallest absolute Gasteiger partial charge is 0.250 e. The number of nitrogens with two attached hydrogens (primary N) is 1. The molecule has 9 heteroatoms. The third-order valence-corrected chi connectivity index (χ3v) is 4.29. The van der Waals surface area contributed by atoms with E-state index < -0.39 is 11.9 Å². The van der Waals surface area contributed by atoms with Gasteiger partial charge in [-0.2, -0.15) is 0 Å².